The average molecular weight is 321 g/mol. The smallest absolute Gasteiger partial charge is 0.270 e. The lowest BCUT2D eigenvalue weighted by atomic mass is 10.1. The third kappa shape index (κ3) is 2.56. The molecule has 0 spiro atoms. The molecule has 0 aliphatic carbocycles. The lowest BCUT2D eigenvalue weighted by molar-refractivity contribution is -0.113. The summed E-state index contributed by atoms with van der Waals surface area (Å²) in [5, 5.41) is 5.27. The number of halogens is 1. The third-order valence-electron chi connectivity index (χ3n) is 3.55. The van der Waals surface area contributed by atoms with Crippen LogP contribution in [0.5, 0.6) is 0 Å². The zero-order valence-corrected chi connectivity index (χ0v) is 13.0. The maximum Gasteiger partial charge on any atom is 0.270 e. The third-order valence-corrected chi connectivity index (χ3v) is 4.82. The summed E-state index contributed by atoms with van der Waals surface area (Å²) in [6.45, 7) is 3.85. The number of nitrogens with zero attached hydrogens (tertiary/aromatic N) is 1. The summed E-state index contributed by atoms with van der Waals surface area (Å²) in [6.07, 6.45) is 0. The number of fused-ring (bicyclic) bond motifs is 1. The molecule has 0 saturated carbocycles. The first kappa shape index (κ1) is 14.9. The normalized spacial score (nSPS) is 18.0. The van der Waals surface area contributed by atoms with Crippen LogP contribution in [0.1, 0.15) is 36.3 Å². The fraction of sp³-hybridized carbons (Fsp3) is 0.333. The molecule has 0 fully saturated rings. The Morgan fingerprint density at radius 2 is 1.95 bits per heavy atom. The van der Waals surface area contributed by atoms with Crippen molar-refractivity contribution in [2.75, 3.05) is 11.1 Å². The number of amides is 1. The predicted molar refractivity (Wildman–Crippen MR) is 84.8 cm³/mol. The van der Waals surface area contributed by atoms with Gasteiger partial charge in [-0.15, -0.1) is 11.8 Å². The monoisotopic (exact) mass is 321 g/mol. The van der Waals surface area contributed by atoms with Crippen molar-refractivity contribution in [3.05, 3.63) is 51.6 Å². The van der Waals surface area contributed by atoms with Crippen LogP contribution in [0.15, 0.2) is 29.1 Å². The molecule has 1 amide bonds. The number of carbonyl (C=O) groups is 1. The SMILES string of the molecule is CC(C)n1[nH]c(=O)c2c1NC(=O)CS[C@H]2c1ccc(F)cc1. The quantitative estimate of drug-likeness (QED) is 0.893. The molecular weight excluding hydrogens is 305 g/mol. The number of hydrogen-bond acceptors (Lipinski definition) is 3. The van der Waals surface area contributed by atoms with E-state index in [2.05, 4.69) is 10.4 Å². The fourth-order valence-corrected chi connectivity index (χ4v) is 3.66. The number of benzene rings is 1. The Labute approximate surface area is 130 Å². The highest BCUT2D eigenvalue weighted by atomic mass is 32.2. The topological polar surface area (TPSA) is 66.9 Å². The summed E-state index contributed by atoms with van der Waals surface area (Å²) in [5.41, 5.74) is 1.08. The summed E-state index contributed by atoms with van der Waals surface area (Å²) < 4.78 is 14.8. The number of aromatic nitrogens is 2. The number of hydrogen-bond donors (Lipinski definition) is 2. The van der Waals surface area contributed by atoms with Crippen LogP contribution in [0, 0.1) is 5.82 Å². The van der Waals surface area contributed by atoms with Crippen molar-refractivity contribution in [3.63, 3.8) is 0 Å². The van der Waals surface area contributed by atoms with Crippen LogP contribution in [0.3, 0.4) is 0 Å². The Kier molecular flexibility index (Phi) is 3.82. The van der Waals surface area contributed by atoms with E-state index in [0.717, 1.165) is 5.56 Å². The molecule has 0 radical (unpaired) electrons. The lowest BCUT2D eigenvalue weighted by Crippen LogP contribution is -2.17. The number of nitrogens with one attached hydrogen (secondary N) is 2. The summed E-state index contributed by atoms with van der Waals surface area (Å²) in [6, 6.07) is 6.04. The van der Waals surface area contributed by atoms with Gasteiger partial charge in [0.1, 0.15) is 11.6 Å². The Morgan fingerprint density at radius 1 is 1.27 bits per heavy atom. The number of anilines is 1. The van der Waals surface area contributed by atoms with Crippen molar-refractivity contribution < 1.29 is 9.18 Å². The van der Waals surface area contributed by atoms with Crippen LogP contribution in [0.4, 0.5) is 10.2 Å². The van der Waals surface area contributed by atoms with Crippen LogP contribution in [-0.2, 0) is 4.79 Å². The first-order valence-corrected chi connectivity index (χ1v) is 8.03. The van der Waals surface area contributed by atoms with Crippen LogP contribution in [0.25, 0.3) is 0 Å². The lowest BCUT2D eigenvalue weighted by Gasteiger charge is -2.15. The Hall–Kier alpha value is -2.02. The van der Waals surface area contributed by atoms with E-state index in [1.54, 1.807) is 16.8 Å². The van der Waals surface area contributed by atoms with E-state index in [1.165, 1.54) is 23.9 Å². The highest BCUT2D eigenvalue weighted by Crippen LogP contribution is 2.40. The second-order valence-electron chi connectivity index (χ2n) is 5.46. The Bertz CT molecular complexity index is 764. The molecule has 1 aliphatic rings. The highest BCUT2D eigenvalue weighted by Gasteiger charge is 2.30. The molecular formula is C15H16FN3O2S. The zero-order chi connectivity index (χ0) is 15.9. The average Bonchev–Trinajstić information content (AvgIpc) is 2.68. The predicted octanol–water partition coefficient (Wildman–Crippen LogP) is 2.67. The van der Waals surface area contributed by atoms with E-state index in [1.807, 2.05) is 13.8 Å². The molecule has 1 atom stereocenters. The maximum atomic E-state index is 13.1. The van der Waals surface area contributed by atoms with Gasteiger partial charge in [-0.3, -0.25) is 19.4 Å². The molecule has 0 unspecified atom stereocenters. The minimum Gasteiger partial charge on any atom is -0.310 e. The molecule has 1 aromatic carbocycles. The van der Waals surface area contributed by atoms with Crippen molar-refractivity contribution in [1.29, 1.82) is 0 Å². The molecule has 22 heavy (non-hydrogen) atoms. The van der Waals surface area contributed by atoms with Gasteiger partial charge in [-0.2, -0.15) is 0 Å². The number of thioether (sulfide) groups is 1. The molecule has 0 bridgehead atoms. The van der Waals surface area contributed by atoms with Crippen LogP contribution in [-0.4, -0.2) is 21.4 Å². The van der Waals surface area contributed by atoms with Gasteiger partial charge in [-0.25, -0.2) is 4.39 Å². The number of H-pyrrole nitrogens is 1. The molecule has 1 aromatic heterocycles. The summed E-state index contributed by atoms with van der Waals surface area (Å²) in [4.78, 5) is 24.3. The molecule has 3 rings (SSSR count). The van der Waals surface area contributed by atoms with Gasteiger partial charge in [0.2, 0.25) is 5.91 Å². The van der Waals surface area contributed by atoms with Crippen LogP contribution >= 0.6 is 11.8 Å². The summed E-state index contributed by atoms with van der Waals surface area (Å²) >= 11 is 1.37. The van der Waals surface area contributed by atoms with Crippen molar-refractivity contribution in [3.8, 4) is 0 Å². The number of aromatic amines is 1. The van der Waals surface area contributed by atoms with E-state index < -0.39 is 0 Å². The van der Waals surface area contributed by atoms with E-state index in [0.29, 0.717) is 11.4 Å². The van der Waals surface area contributed by atoms with Crippen molar-refractivity contribution in [2.45, 2.75) is 25.1 Å². The molecule has 116 valence electrons. The second kappa shape index (κ2) is 5.64. The minimum atomic E-state index is -0.328. The van der Waals surface area contributed by atoms with Gasteiger partial charge in [0.15, 0.2) is 0 Å². The largest absolute Gasteiger partial charge is 0.310 e. The molecule has 2 N–H and O–H groups in total. The molecule has 7 heteroatoms. The van der Waals surface area contributed by atoms with E-state index in [-0.39, 0.29) is 34.3 Å². The van der Waals surface area contributed by atoms with Crippen molar-refractivity contribution in [2.24, 2.45) is 0 Å². The van der Waals surface area contributed by atoms with Crippen molar-refractivity contribution >= 4 is 23.5 Å². The van der Waals surface area contributed by atoms with Gasteiger partial charge in [-0.1, -0.05) is 12.1 Å². The standard InChI is InChI=1S/C15H16FN3O2S/c1-8(2)19-14-12(15(21)18-19)13(22-7-11(20)17-14)9-3-5-10(16)6-4-9/h3-6,8,13H,7H2,1-2H3,(H,17,20)(H,18,21)/t13-/m0/s1. The van der Waals surface area contributed by atoms with Gasteiger partial charge in [0.25, 0.3) is 5.56 Å². The molecule has 2 aromatic rings. The van der Waals surface area contributed by atoms with E-state index >= 15 is 0 Å². The van der Waals surface area contributed by atoms with E-state index in [9.17, 15) is 14.0 Å². The first-order chi connectivity index (χ1) is 10.5. The van der Waals surface area contributed by atoms with Gasteiger partial charge in [-0.05, 0) is 31.5 Å². The summed E-state index contributed by atoms with van der Waals surface area (Å²) in [7, 11) is 0. The summed E-state index contributed by atoms with van der Waals surface area (Å²) in [5.74, 6) is 0.271. The molecule has 5 nitrogen and oxygen atoms in total. The van der Waals surface area contributed by atoms with Crippen molar-refractivity contribution in [1.82, 2.24) is 9.78 Å². The highest BCUT2D eigenvalue weighted by molar-refractivity contribution is 8.00. The number of rotatable bonds is 2. The fourth-order valence-electron chi connectivity index (χ4n) is 2.53. The van der Waals surface area contributed by atoms with Gasteiger partial charge in [0, 0.05) is 6.04 Å². The van der Waals surface area contributed by atoms with Crippen LogP contribution < -0.4 is 10.9 Å². The first-order valence-electron chi connectivity index (χ1n) is 6.98. The zero-order valence-electron chi connectivity index (χ0n) is 12.2. The van der Waals surface area contributed by atoms with Gasteiger partial charge >= 0.3 is 0 Å². The molecule has 0 saturated heterocycles. The van der Waals surface area contributed by atoms with Gasteiger partial charge in [0.05, 0.1) is 16.6 Å². The number of carbonyl (C=O) groups excluding carboxylic acids is 1. The molecule has 2 heterocycles. The Morgan fingerprint density at radius 3 is 2.59 bits per heavy atom. The van der Waals surface area contributed by atoms with Crippen LogP contribution in [0.2, 0.25) is 0 Å². The molecule has 1 aliphatic heterocycles. The van der Waals surface area contributed by atoms with E-state index in [4.69, 9.17) is 0 Å². The van der Waals surface area contributed by atoms with Gasteiger partial charge < -0.3 is 5.32 Å². The maximum absolute atomic E-state index is 13.1. The Balaban J connectivity index is 2.17. The second-order valence-corrected chi connectivity index (χ2v) is 6.55. The minimum absolute atomic E-state index is 0.00807.